The van der Waals surface area contributed by atoms with Crippen LogP contribution in [0.5, 0.6) is 0 Å². The molecule has 0 amide bonds. The zero-order chi connectivity index (χ0) is 23.8. The maximum absolute atomic E-state index is 2.12. The van der Waals surface area contributed by atoms with E-state index in [1.807, 2.05) is 106 Å². The molecule has 0 atom stereocenters. The second kappa shape index (κ2) is 45.0. The Balaban J connectivity index is -0.0000000882. The lowest BCUT2D eigenvalue weighted by molar-refractivity contribution is 1.09. The topological polar surface area (TPSA) is 0 Å². The Morgan fingerprint density at radius 3 is 0.621 bits per heavy atom. The first-order valence-corrected chi connectivity index (χ1v) is 11.8. The quantitative estimate of drug-likeness (QED) is 0.352. The molecule has 0 aliphatic heterocycles. The molecule has 29 heavy (non-hydrogen) atoms. The van der Waals surface area contributed by atoms with Gasteiger partial charge in [-0.3, -0.25) is 0 Å². The third kappa shape index (κ3) is 30.9. The van der Waals surface area contributed by atoms with Gasteiger partial charge in [0, 0.05) is 0 Å². The van der Waals surface area contributed by atoms with Crippen molar-refractivity contribution in [3.05, 3.63) is 84.9 Å². The molecule has 0 fully saturated rings. The molecule has 3 rings (SSSR count). The molecule has 0 bridgehead atoms. The Morgan fingerprint density at radius 1 is 0.345 bits per heavy atom. The van der Waals surface area contributed by atoms with Gasteiger partial charge in [-0.2, -0.15) is 0 Å². The fourth-order valence-electron chi connectivity index (χ4n) is 1.52. The van der Waals surface area contributed by atoms with Gasteiger partial charge in [-0.05, 0) is 10.8 Å². The Hall–Kier alpha value is -2.08. The van der Waals surface area contributed by atoms with E-state index in [0.717, 1.165) is 0 Å². The van der Waals surface area contributed by atoms with E-state index in [1.54, 1.807) is 0 Å². The van der Waals surface area contributed by atoms with E-state index >= 15 is 0 Å². The van der Waals surface area contributed by atoms with E-state index in [-0.39, 0.29) is 0 Å². The highest BCUT2D eigenvalue weighted by atomic mass is 13.9. The number of hydrogen-bond donors (Lipinski definition) is 0. The molecule has 0 spiro atoms. The van der Waals surface area contributed by atoms with Crippen molar-refractivity contribution in [2.24, 2.45) is 0 Å². The van der Waals surface area contributed by atoms with Crippen LogP contribution in [0.4, 0.5) is 0 Å². The third-order valence-corrected chi connectivity index (χ3v) is 2.33. The smallest absolute Gasteiger partial charge is 0.0184 e. The van der Waals surface area contributed by atoms with Crippen molar-refractivity contribution in [2.75, 3.05) is 0 Å². The van der Waals surface area contributed by atoms with E-state index < -0.39 is 0 Å². The highest BCUT2D eigenvalue weighted by Crippen LogP contribution is 2.11. The number of hydrogen-bond acceptors (Lipinski definition) is 0. The summed E-state index contributed by atoms with van der Waals surface area (Å²) in [6.45, 7) is 24.2. The van der Waals surface area contributed by atoms with Crippen LogP contribution < -0.4 is 0 Å². The molecule has 0 nitrogen and oxygen atoms in total. The lowest BCUT2D eigenvalue weighted by Crippen LogP contribution is -1.67. The molecule has 168 valence electrons. The van der Waals surface area contributed by atoms with Gasteiger partial charge in [-0.25, -0.2) is 0 Å². The first-order chi connectivity index (χ1) is 14.4. The van der Waals surface area contributed by atoms with Gasteiger partial charge in [-0.1, -0.05) is 174 Å². The van der Waals surface area contributed by atoms with E-state index in [1.165, 1.54) is 17.2 Å². The van der Waals surface area contributed by atoms with Gasteiger partial charge in [0.15, 0.2) is 0 Å². The fraction of sp³-hybridized carbons (Fsp3) is 0.448. The first kappa shape index (κ1) is 37.6. The molecule has 3 aromatic carbocycles. The third-order valence-electron chi connectivity index (χ3n) is 2.33. The summed E-state index contributed by atoms with van der Waals surface area (Å²) in [5, 5.41) is 2.62. The SMILES string of the molecule is CC.CC.CC.CC.CC.CCC.c1ccc2ccccc2c1.c1ccccc1. The van der Waals surface area contributed by atoms with Crippen LogP contribution in [0.25, 0.3) is 10.8 Å². The Bertz CT molecular complexity index is 449. The standard InChI is InChI=1S/C10H8.C6H6.C3H8.5C2H6/c1-2-6-10-8-4-3-7-9(10)5-1;1-2-4-6-5-3-1;1-3-2;5*1-2/h1-8H;1-6H;3H2,1-2H3;5*1-2H3. The normalized spacial score (nSPS) is 6.76. The summed E-state index contributed by atoms with van der Waals surface area (Å²) < 4.78 is 0. The van der Waals surface area contributed by atoms with E-state index in [2.05, 4.69) is 62.4 Å². The summed E-state index contributed by atoms with van der Waals surface area (Å²) in [4.78, 5) is 0. The monoisotopic (exact) mass is 400 g/mol. The second-order valence-electron chi connectivity index (χ2n) is 4.21. The average molecular weight is 401 g/mol. The summed E-state index contributed by atoms with van der Waals surface area (Å²) >= 11 is 0. The molecule has 0 aliphatic carbocycles. The number of rotatable bonds is 0. The average Bonchev–Trinajstić information content (AvgIpc) is 2.87. The predicted octanol–water partition coefficient (Wildman–Crippen LogP) is 11.1. The maximum Gasteiger partial charge on any atom is -0.0184 e. The van der Waals surface area contributed by atoms with Crippen molar-refractivity contribution in [2.45, 2.75) is 89.5 Å². The summed E-state index contributed by atoms with van der Waals surface area (Å²) in [6, 6.07) is 28.7. The van der Waals surface area contributed by atoms with Crippen LogP contribution in [0.15, 0.2) is 84.9 Å². The zero-order valence-corrected chi connectivity index (χ0v) is 21.8. The lowest BCUT2D eigenvalue weighted by Gasteiger charge is -1.92. The van der Waals surface area contributed by atoms with Crippen LogP contribution in [0, 0.1) is 0 Å². The molecular weight excluding hydrogens is 348 g/mol. The minimum absolute atomic E-state index is 1.25. The van der Waals surface area contributed by atoms with Crippen molar-refractivity contribution < 1.29 is 0 Å². The molecule has 0 saturated heterocycles. The second-order valence-corrected chi connectivity index (χ2v) is 4.21. The van der Waals surface area contributed by atoms with Crippen LogP contribution in [0.2, 0.25) is 0 Å². The first-order valence-electron chi connectivity index (χ1n) is 11.8. The zero-order valence-electron chi connectivity index (χ0n) is 21.8. The summed E-state index contributed by atoms with van der Waals surface area (Å²) in [7, 11) is 0. The molecule has 0 aromatic heterocycles. The van der Waals surface area contributed by atoms with Gasteiger partial charge in [0.2, 0.25) is 0 Å². The van der Waals surface area contributed by atoms with Crippen molar-refractivity contribution in [1.29, 1.82) is 0 Å². The highest BCUT2D eigenvalue weighted by Gasteiger charge is 1.85. The number of fused-ring (bicyclic) bond motifs is 1. The fourth-order valence-corrected chi connectivity index (χ4v) is 1.52. The van der Waals surface area contributed by atoms with Gasteiger partial charge in [0.25, 0.3) is 0 Å². The largest absolute Gasteiger partial charge is 0.0683 e. The summed E-state index contributed by atoms with van der Waals surface area (Å²) in [5.41, 5.74) is 0. The molecule has 0 heteroatoms. The molecular formula is C29H52. The Morgan fingerprint density at radius 2 is 0.483 bits per heavy atom. The van der Waals surface area contributed by atoms with Crippen LogP contribution in [-0.2, 0) is 0 Å². The highest BCUT2D eigenvalue weighted by molar-refractivity contribution is 5.81. The van der Waals surface area contributed by atoms with Gasteiger partial charge in [0.05, 0.1) is 0 Å². The van der Waals surface area contributed by atoms with Crippen molar-refractivity contribution in [3.63, 3.8) is 0 Å². The Kier molecular flexibility index (Phi) is 58.4. The van der Waals surface area contributed by atoms with Crippen LogP contribution in [0.1, 0.15) is 89.5 Å². The molecule has 0 N–H and O–H groups in total. The molecule has 0 unspecified atom stereocenters. The lowest BCUT2D eigenvalue weighted by atomic mass is 10.1. The number of benzene rings is 3. The van der Waals surface area contributed by atoms with Gasteiger partial charge in [-0.15, -0.1) is 0 Å². The molecule has 0 aliphatic rings. The van der Waals surface area contributed by atoms with Crippen LogP contribution in [0.3, 0.4) is 0 Å². The van der Waals surface area contributed by atoms with Crippen molar-refractivity contribution >= 4 is 10.8 Å². The van der Waals surface area contributed by atoms with E-state index in [0.29, 0.717) is 0 Å². The van der Waals surface area contributed by atoms with E-state index in [4.69, 9.17) is 0 Å². The van der Waals surface area contributed by atoms with Gasteiger partial charge in [0.1, 0.15) is 0 Å². The minimum Gasteiger partial charge on any atom is -0.0683 e. The Labute approximate surface area is 185 Å². The molecule has 0 saturated carbocycles. The minimum atomic E-state index is 1.25. The van der Waals surface area contributed by atoms with Crippen LogP contribution in [-0.4, -0.2) is 0 Å². The predicted molar refractivity (Wildman–Crippen MR) is 143 cm³/mol. The van der Waals surface area contributed by atoms with E-state index in [9.17, 15) is 0 Å². The van der Waals surface area contributed by atoms with Gasteiger partial charge < -0.3 is 0 Å². The maximum atomic E-state index is 2.12. The summed E-state index contributed by atoms with van der Waals surface area (Å²) in [6.07, 6.45) is 1.25. The molecule has 3 aromatic rings. The molecule has 0 radical (unpaired) electrons. The van der Waals surface area contributed by atoms with Crippen molar-refractivity contribution in [3.8, 4) is 0 Å². The van der Waals surface area contributed by atoms with Crippen molar-refractivity contribution in [1.82, 2.24) is 0 Å². The van der Waals surface area contributed by atoms with Crippen LogP contribution >= 0.6 is 0 Å². The van der Waals surface area contributed by atoms with Gasteiger partial charge >= 0.3 is 0 Å². The summed E-state index contributed by atoms with van der Waals surface area (Å²) in [5.74, 6) is 0. The molecule has 0 heterocycles.